The van der Waals surface area contributed by atoms with Crippen LogP contribution in [0.25, 0.3) is 0 Å². The monoisotopic (exact) mass is 356 g/mol. The molecule has 0 aromatic rings. The van der Waals surface area contributed by atoms with E-state index in [1.54, 1.807) is 0 Å². The number of carbonyl (C=O) groups excluding carboxylic acids is 2. The van der Waals surface area contributed by atoms with Crippen LogP contribution in [-0.4, -0.2) is 25.2 Å². The molecule has 0 aromatic heterocycles. The Hall–Kier alpha value is -1.06. The molecule has 0 heterocycles. The molecule has 0 fully saturated rings. The van der Waals surface area contributed by atoms with Crippen LogP contribution in [0.5, 0.6) is 0 Å². The first kappa shape index (κ1) is 23.9. The van der Waals surface area contributed by atoms with Crippen LogP contribution >= 0.6 is 0 Å². The molecule has 0 saturated carbocycles. The molecule has 0 aliphatic carbocycles. The van der Waals surface area contributed by atoms with E-state index in [9.17, 15) is 9.59 Å². The van der Waals surface area contributed by atoms with Gasteiger partial charge < -0.3 is 9.47 Å². The van der Waals surface area contributed by atoms with Gasteiger partial charge >= 0.3 is 11.9 Å². The first-order chi connectivity index (χ1) is 12.2. The van der Waals surface area contributed by atoms with Crippen molar-refractivity contribution < 1.29 is 19.1 Å². The van der Waals surface area contributed by atoms with Crippen molar-refractivity contribution in [3.05, 3.63) is 0 Å². The molecular weight excluding hydrogens is 316 g/mol. The van der Waals surface area contributed by atoms with Gasteiger partial charge in [-0.2, -0.15) is 0 Å². The Labute approximate surface area is 155 Å². The van der Waals surface area contributed by atoms with Gasteiger partial charge in [-0.15, -0.1) is 0 Å². The van der Waals surface area contributed by atoms with Crippen molar-refractivity contribution in [1.82, 2.24) is 0 Å². The third-order valence-corrected chi connectivity index (χ3v) is 4.28. The van der Waals surface area contributed by atoms with Gasteiger partial charge in [0.1, 0.15) is 0 Å². The molecule has 25 heavy (non-hydrogen) atoms. The zero-order valence-corrected chi connectivity index (χ0v) is 16.7. The third kappa shape index (κ3) is 19.1. The number of esters is 2. The lowest BCUT2D eigenvalue weighted by Gasteiger charge is -2.06. The van der Waals surface area contributed by atoms with Gasteiger partial charge in [0.05, 0.1) is 13.2 Å². The summed E-state index contributed by atoms with van der Waals surface area (Å²) in [5.74, 6) is -0.402. The highest BCUT2D eigenvalue weighted by Crippen LogP contribution is 2.10. The minimum Gasteiger partial charge on any atom is -0.466 e. The Bertz CT molecular complexity index is 315. The van der Waals surface area contributed by atoms with Crippen molar-refractivity contribution in [3.63, 3.8) is 0 Å². The van der Waals surface area contributed by atoms with Crippen LogP contribution in [0.2, 0.25) is 0 Å². The van der Waals surface area contributed by atoms with Gasteiger partial charge in [-0.3, -0.25) is 9.59 Å². The standard InChI is InChI=1S/C21H40O4/c1-3-5-7-8-9-10-11-12-14-19-25-21(23)17-15-16-20(22)24-18-13-6-4-2/h3-19H2,1-2H3. The maximum atomic E-state index is 11.6. The van der Waals surface area contributed by atoms with E-state index < -0.39 is 0 Å². The lowest BCUT2D eigenvalue weighted by molar-refractivity contribution is -0.145. The predicted octanol–water partition coefficient (Wildman–Crippen LogP) is 5.96. The van der Waals surface area contributed by atoms with E-state index in [1.807, 2.05) is 0 Å². The minimum atomic E-state index is -0.206. The summed E-state index contributed by atoms with van der Waals surface area (Å²) < 4.78 is 10.3. The zero-order valence-electron chi connectivity index (χ0n) is 16.7. The summed E-state index contributed by atoms with van der Waals surface area (Å²) in [6, 6.07) is 0. The summed E-state index contributed by atoms with van der Waals surface area (Å²) in [5.41, 5.74) is 0. The summed E-state index contributed by atoms with van der Waals surface area (Å²) in [6.45, 7) is 5.36. The molecule has 0 radical (unpaired) electrons. The van der Waals surface area contributed by atoms with Crippen LogP contribution in [0.3, 0.4) is 0 Å². The fourth-order valence-corrected chi connectivity index (χ4v) is 2.66. The van der Waals surface area contributed by atoms with Crippen LogP contribution < -0.4 is 0 Å². The van der Waals surface area contributed by atoms with Crippen molar-refractivity contribution in [2.45, 2.75) is 110 Å². The van der Waals surface area contributed by atoms with Gasteiger partial charge in [-0.25, -0.2) is 0 Å². The van der Waals surface area contributed by atoms with Crippen molar-refractivity contribution >= 4 is 11.9 Å². The van der Waals surface area contributed by atoms with Gasteiger partial charge in [-0.1, -0.05) is 78.1 Å². The number of hydrogen-bond donors (Lipinski definition) is 0. The Balaban J connectivity index is 3.29. The van der Waals surface area contributed by atoms with E-state index in [0.717, 1.165) is 32.1 Å². The smallest absolute Gasteiger partial charge is 0.305 e. The molecule has 4 heteroatoms. The molecule has 0 aromatic carbocycles. The SMILES string of the molecule is CCCCCCCCCCCOC(=O)CCCC(=O)OCCCCC. The first-order valence-electron chi connectivity index (χ1n) is 10.5. The first-order valence-corrected chi connectivity index (χ1v) is 10.5. The van der Waals surface area contributed by atoms with Gasteiger partial charge in [0.2, 0.25) is 0 Å². The normalized spacial score (nSPS) is 10.6. The molecule has 0 spiro atoms. The predicted molar refractivity (Wildman–Crippen MR) is 103 cm³/mol. The van der Waals surface area contributed by atoms with Gasteiger partial charge in [-0.05, 0) is 19.3 Å². The Morgan fingerprint density at radius 3 is 1.36 bits per heavy atom. The summed E-state index contributed by atoms with van der Waals surface area (Å²) in [5, 5.41) is 0. The second-order valence-electron chi connectivity index (χ2n) is 6.83. The molecule has 0 amide bonds. The van der Waals surface area contributed by atoms with E-state index in [2.05, 4.69) is 13.8 Å². The average Bonchev–Trinajstić information content (AvgIpc) is 2.60. The molecule has 0 saturated heterocycles. The zero-order chi connectivity index (χ0) is 18.6. The van der Waals surface area contributed by atoms with E-state index in [0.29, 0.717) is 32.5 Å². The van der Waals surface area contributed by atoms with Crippen molar-refractivity contribution in [2.75, 3.05) is 13.2 Å². The molecule has 0 aliphatic heterocycles. The number of rotatable bonds is 18. The Kier molecular flexibility index (Phi) is 18.5. The topological polar surface area (TPSA) is 52.6 Å². The fraction of sp³-hybridized carbons (Fsp3) is 0.905. The number of hydrogen-bond acceptors (Lipinski definition) is 4. The fourth-order valence-electron chi connectivity index (χ4n) is 2.66. The van der Waals surface area contributed by atoms with E-state index in [1.165, 1.54) is 44.9 Å². The van der Waals surface area contributed by atoms with E-state index in [4.69, 9.17) is 9.47 Å². The molecule has 0 aliphatic rings. The Morgan fingerprint density at radius 1 is 0.520 bits per heavy atom. The van der Waals surface area contributed by atoms with Crippen molar-refractivity contribution in [3.8, 4) is 0 Å². The molecule has 148 valence electrons. The van der Waals surface area contributed by atoms with Crippen LogP contribution in [0.1, 0.15) is 110 Å². The van der Waals surface area contributed by atoms with Crippen LogP contribution in [-0.2, 0) is 19.1 Å². The number of carbonyl (C=O) groups is 2. The van der Waals surface area contributed by atoms with Gasteiger partial charge in [0.15, 0.2) is 0 Å². The number of unbranched alkanes of at least 4 members (excludes halogenated alkanes) is 10. The highest BCUT2D eigenvalue weighted by molar-refractivity contribution is 5.72. The van der Waals surface area contributed by atoms with Crippen molar-refractivity contribution in [2.24, 2.45) is 0 Å². The summed E-state index contributed by atoms with van der Waals surface area (Å²) in [7, 11) is 0. The van der Waals surface area contributed by atoms with Crippen molar-refractivity contribution in [1.29, 1.82) is 0 Å². The van der Waals surface area contributed by atoms with Crippen LogP contribution in [0.4, 0.5) is 0 Å². The quantitative estimate of drug-likeness (QED) is 0.224. The van der Waals surface area contributed by atoms with E-state index >= 15 is 0 Å². The lowest BCUT2D eigenvalue weighted by Crippen LogP contribution is -2.09. The third-order valence-electron chi connectivity index (χ3n) is 4.28. The number of ether oxygens (including phenoxy) is 2. The maximum absolute atomic E-state index is 11.6. The van der Waals surface area contributed by atoms with Gasteiger partial charge in [0.25, 0.3) is 0 Å². The average molecular weight is 357 g/mol. The molecule has 0 N–H and O–H groups in total. The molecule has 0 rings (SSSR count). The minimum absolute atomic E-state index is 0.196. The lowest BCUT2D eigenvalue weighted by atomic mass is 10.1. The second-order valence-corrected chi connectivity index (χ2v) is 6.83. The second kappa shape index (κ2) is 19.3. The summed E-state index contributed by atoms with van der Waals surface area (Å²) in [4.78, 5) is 23.0. The molecule has 4 nitrogen and oxygen atoms in total. The molecular formula is C21H40O4. The summed E-state index contributed by atoms with van der Waals surface area (Å²) >= 11 is 0. The Morgan fingerprint density at radius 2 is 0.880 bits per heavy atom. The van der Waals surface area contributed by atoms with Crippen LogP contribution in [0, 0.1) is 0 Å². The summed E-state index contributed by atoms with van der Waals surface area (Å²) in [6.07, 6.45) is 15.5. The molecule has 0 unspecified atom stereocenters. The van der Waals surface area contributed by atoms with E-state index in [-0.39, 0.29) is 11.9 Å². The molecule has 0 atom stereocenters. The highest BCUT2D eigenvalue weighted by Gasteiger charge is 2.07. The molecule has 0 bridgehead atoms. The highest BCUT2D eigenvalue weighted by atomic mass is 16.5. The maximum Gasteiger partial charge on any atom is 0.305 e. The largest absolute Gasteiger partial charge is 0.466 e. The van der Waals surface area contributed by atoms with Crippen LogP contribution in [0.15, 0.2) is 0 Å². The van der Waals surface area contributed by atoms with Gasteiger partial charge in [0, 0.05) is 12.8 Å².